The van der Waals surface area contributed by atoms with E-state index in [1.54, 1.807) is 12.1 Å². The van der Waals surface area contributed by atoms with Crippen molar-refractivity contribution in [3.05, 3.63) is 30.4 Å². The second-order valence-electron chi connectivity index (χ2n) is 5.33. The molecule has 0 saturated carbocycles. The van der Waals surface area contributed by atoms with Crippen LogP contribution in [0.25, 0.3) is 0 Å². The van der Waals surface area contributed by atoms with Gasteiger partial charge in [-0.2, -0.15) is 0 Å². The second-order valence-corrected chi connectivity index (χ2v) is 5.33. The molecule has 0 spiro atoms. The van der Waals surface area contributed by atoms with Crippen LogP contribution in [0, 0.1) is 0 Å². The number of allylic oxidation sites excluding steroid dienone is 1. The monoisotopic (exact) mass is 321 g/mol. The maximum Gasteiger partial charge on any atom is 0.492 e. The molecule has 0 aliphatic heterocycles. The van der Waals surface area contributed by atoms with Gasteiger partial charge in [0.1, 0.15) is 5.75 Å². The fraction of sp³-hybridized carbons (Fsp3) is 0.400. The highest BCUT2D eigenvalue weighted by Gasteiger charge is 2.22. The molecular weight excluding hydrogens is 297 g/mol. The van der Waals surface area contributed by atoms with Gasteiger partial charge >= 0.3 is 7.12 Å². The van der Waals surface area contributed by atoms with Crippen molar-refractivity contribution >= 4 is 24.2 Å². The molecule has 0 heterocycles. The van der Waals surface area contributed by atoms with Gasteiger partial charge in [-0.25, -0.2) is 0 Å². The predicted molar refractivity (Wildman–Crippen MR) is 91.3 cm³/mol. The van der Waals surface area contributed by atoms with E-state index in [0.29, 0.717) is 24.9 Å². The number of anilines is 1. The smallest absolute Gasteiger partial charge is 0.492 e. The number of benzene rings is 1. The Bertz CT molecular complexity index is 552. The number of phenolic OH excluding ortho intramolecular Hbond substituents is 1. The molecule has 0 aliphatic carbocycles. The third-order valence-electron chi connectivity index (χ3n) is 3.42. The normalized spacial score (nSPS) is 11.8. The Hall–Kier alpha value is -1.87. The van der Waals surface area contributed by atoms with Crippen LogP contribution < -0.4 is 22.2 Å². The standard InChI is InChI=1S/C15H24BN3O4/c1-2-5-10-8-11(16(22)23)14(20)13(9-10)19-15(21)12(18)6-3-4-7-17/h2,8-9,12,20,22-23H,1,3-7,17-18H2,(H,19,21)/t12-/m0/s1. The SMILES string of the molecule is C=CCc1cc(NC(=O)[C@@H](N)CCCCN)c(O)c(B(O)O)c1. The van der Waals surface area contributed by atoms with E-state index in [2.05, 4.69) is 11.9 Å². The summed E-state index contributed by atoms with van der Waals surface area (Å²) in [4.78, 5) is 12.1. The summed E-state index contributed by atoms with van der Waals surface area (Å²) in [6, 6.07) is 2.26. The Kier molecular flexibility index (Phi) is 7.77. The number of carbonyl (C=O) groups excluding carboxylic acids is 1. The van der Waals surface area contributed by atoms with Crippen LogP contribution in [-0.4, -0.2) is 40.8 Å². The quantitative estimate of drug-likeness (QED) is 0.152. The lowest BCUT2D eigenvalue weighted by Gasteiger charge is -2.16. The fourth-order valence-electron chi connectivity index (χ4n) is 2.16. The van der Waals surface area contributed by atoms with E-state index in [-0.39, 0.29) is 11.2 Å². The second kappa shape index (κ2) is 9.31. The van der Waals surface area contributed by atoms with Crippen molar-refractivity contribution in [3.8, 4) is 5.75 Å². The maximum absolute atomic E-state index is 12.1. The third kappa shape index (κ3) is 5.68. The Labute approximate surface area is 136 Å². The van der Waals surface area contributed by atoms with Crippen LogP contribution in [0.2, 0.25) is 0 Å². The first-order valence-electron chi connectivity index (χ1n) is 7.50. The number of aromatic hydroxyl groups is 1. The summed E-state index contributed by atoms with van der Waals surface area (Å²) in [7, 11) is -1.85. The van der Waals surface area contributed by atoms with E-state index in [1.165, 1.54) is 6.07 Å². The molecule has 0 radical (unpaired) electrons. The molecule has 0 aliphatic rings. The van der Waals surface area contributed by atoms with Gasteiger partial charge in [0.2, 0.25) is 5.91 Å². The first-order chi connectivity index (χ1) is 10.9. The van der Waals surface area contributed by atoms with Gasteiger partial charge in [-0.1, -0.05) is 18.6 Å². The zero-order valence-corrected chi connectivity index (χ0v) is 13.0. The number of nitrogens with two attached hydrogens (primary N) is 2. The average Bonchev–Trinajstić information content (AvgIpc) is 2.50. The molecule has 1 atom stereocenters. The van der Waals surface area contributed by atoms with Crippen LogP contribution in [0.15, 0.2) is 24.8 Å². The fourth-order valence-corrected chi connectivity index (χ4v) is 2.16. The largest absolute Gasteiger partial charge is 0.506 e. The molecule has 0 unspecified atom stereocenters. The predicted octanol–water partition coefficient (Wildman–Crippen LogP) is -0.805. The van der Waals surface area contributed by atoms with Crippen LogP contribution in [0.1, 0.15) is 24.8 Å². The zero-order chi connectivity index (χ0) is 17.4. The minimum Gasteiger partial charge on any atom is -0.506 e. The molecule has 8 heteroatoms. The number of hydrogen-bond acceptors (Lipinski definition) is 6. The van der Waals surface area contributed by atoms with E-state index in [0.717, 1.165) is 12.8 Å². The number of amides is 1. The molecule has 1 aromatic rings. The van der Waals surface area contributed by atoms with Crippen LogP contribution in [0.3, 0.4) is 0 Å². The summed E-state index contributed by atoms with van der Waals surface area (Å²) < 4.78 is 0. The summed E-state index contributed by atoms with van der Waals surface area (Å²) in [5.41, 5.74) is 11.9. The minimum atomic E-state index is -1.85. The van der Waals surface area contributed by atoms with Crippen LogP contribution >= 0.6 is 0 Å². The molecule has 1 aromatic carbocycles. The van der Waals surface area contributed by atoms with E-state index >= 15 is 0 Å². The number of unbranched alkanes of at least 4 members (excludes halogenated alkanes) is 1. The van der Waals surface area contributed by atoms with Gasteiger partial charge in [-0.15, -0.1) is 6.58 Å². The number of phenols is 1. The Morgan fingerprint density at radius 1 is 1.39 bits per heavy atom. The lowest BCUT2D eigenvalue weighted by atomic mass is 9.78. The van der Waals surface area contributed by atoms with Crippen molar-refractivity contribution in [2.45, 2.75) is 31.7 Å². The Morgan fingerprint density at radius 3 is 2.65 bits per heavy atom. The van der Waals surface area contributed by atoms with Gasteiger partial charge in [0, 0.05) is 5.46 Å². The summed E-state index contributed by atoms with van der Waals surface area (Å²) in [5, 5.41) is 31.3. The molecule has 23 heavy (non-hydrogen) atoms. The van der Waals surface area contributed by atoms with Crippen LogP contribution in [-0.2, 0) is 11.2 Å². The van der Waals surface area contributed by atoms with Gasteiger partial charge in [0.15, 0.2) is 0 Å². The summed E-state index contributed by atoms with van der Waals surface area (Å²) in [6.45, 7) is 4.15. The molecule has 126 valence electrons. The van der Waals surface area contributed by atoms with Gasteiger partial charge in [-0.05, 0) is 37.4 Å². The van der Waals surface area contributed by atoms with Crippen LogP contribution in [0.4, 0.5) is 5.69 Å². The first-order valence-corrected chi connectivity index (χ1v) is 7.50. The van der Waals surface area contributed by atoms with Gasteiger partial charge in [0.25, 0.3) is 0 Å². The van der Waals surface area contributed by atoms with Crippen LogP contribution in [0.5, 0.6) is 5.75 Å². The Balaban J connectivity index is 2.93. The number of rotatable bonds is 9. The molecular formula is C15H24BN3O4. The number of nitrogens with one attached hydrogen (secondary N) is 1. The van der Waals surface area contributed by atoms with Gasteiger partial charge < -0.3 is 31.9 Å². The maximum atomic E-state index is 12.1. The molecule has 7 nitrogen and oxygen atoms in total. The van der Waals surface area contributed by atoms with E-state index in [9.17, 15) is 19.9 Å². The lowest BCUT2D eigenvalue weighted by Crippen LogP contribution is -2.36. The lowest BCUT2D eigenvalue weighted by molar-refractivity contribution is -0.117. The summed E-state index contributed by atoms with van der Waals surface area (Å²) in [6.07, 6.45) is 4.07. The highest BCUT2D eigenvalue weighted by atomic mass is 16.4. The third-order valence-corrected chi connectivity index (χ3v) is 3.42. The molecule has 1 rings (SSSR count). The molecule has 1 amide bonds. The van der Waals surface area contributed by atoms with Gasteiger partial charge in [0.05, 0.1) is 11.7 Å². The van der Waals surface area contributed by atoms with Crippen molar-refractivity contribution < 1.29 is 19.9 Å². The van der Waals surface area contributed by atoms with Crippen molar-refractivity contribution in [2.24, 2.45) is 11.5 Å². The van der Waals surface area contributed by atoms with Crippen molar-refractivity contribution in [3.63, 3.8) is 0 Å². The number of carbonyl (C=O) groups is 1. The highest BCUT2D eigenvalue weighted by molar-refractivity contribution is 6.60. The van der Waals surface area contributed by atoms with E-state index in [1.807, 2.05) is 0 Å². The molecule has 8 N–H and O–H groups in total. The van der Waals surface area contributed by atoms with Crippen molar-refractivity contribution in [1.29, 1.82) is 0 Å². The van der Waals surface area contributed by atoms with Crippen molar-refractivity contribution in [2.75, 3.05) is 11.9 Å². The first kappa shape index (κ1) is 19.2. The van der Waals surface area contributed by atoms with Crippen molar-refractivity contribution in [1.82, 2.24) is 0 Å². The molecule has 0 saturated heterocycles. The highest BCUT2D eigenvalue weighted by Crippen LogP contribution is 2.23. The van der Waals surface area contributed by atoms with E-state index in [4.69, 9.17) is 11.5 Å². The molecule has 0 bridgehead atoms. The zero-order valence-electron chi connectivity index (χ0n) is 13.0. The Morgan fingerprint density at radius 2 is 2.09 bits per heavy atom. The summed E-state index contributed by atoms with van der Waals surface area (Å²) in [5.74, 6) is -0.846. The topological polar surface area (TPSA) is 142 Å². The average molecular weight is 321 g/mol. The number of hydrogen-bond donors (Lipinski definition) is 6. The minimum absolute atomic E-state index is 0.0867. The molecule has 0 aromatic heterocycles. The molecule has 0 fully saturated rings. The summed E-state index contributed by atoms with van der Waals surface area (Å²) >= 11 is 0. The van der Waals surface area contributed by atoms with Gasteiger partial charge in [-0.3, -0.25) is 4.79 Å². The van der Waals surface area contributed by atoms with E-state index < -0.39 is 24.8 Å².